The summed E-state index contributed by atoms with van der Waals surface area (Å²) >= 11 is 0. The van der Waals surface area contributed by atoms with Crippen LogP contribution in [0.15, 0.2) is 36.4 Å². The molecule has 0 spiro atoms. The molecule has 22 heavy (non-hydrogen) atoms. The van der Waals surface area contributed by atoms with Gasteiger partial charge in [-0.15, -0.1) is 0 Å². The average Bonchev–Trinajstić information content (AvgIpc) is 3.12. The van der Waals surface area contributed by atoms with E-state index in [1.165, 1.54) is 12.0 Å². The Morgan fingerprint density at radius 2 is 2.18 bits per heavy atom. The van der Waals surface area contributed by atoms with Crippen molar-refractivity contribution < 1.29 is 14.3 Å². The third kappa shape index (κ3) is 2.27. The number of benzene rings is 1. The molecule has 4 heteroatoms. The van der Waals surface area contributed by atoms with Gasteiger partial charge in [0.25, 0.3) is 0 Å². The SMILES string of the molecule is O=C1C[C@]2(C/C=C/c3ccccc3)[C@@H](OC[C@@H]3CCCN32)O1. The normalized spacial score (nSPS) is 34.6. The average molecular weight is 299 g/mol. The van der Waals surface area contributed by atoms with Crippen LogP contribution in [0.25, 0.3) is 6.08 Å². The molecule has 1 aromatic carbocycles. The summed E-state index contributed by atoms with van der Waals surface area (Å²) in [5, 5.41) is 0. The van der Waals surface area contributed by atoms with E-state index in [0.717, 1.165) is 19.4 Å². The number of rotatable bonds is 3. The summed E-state index contributed by atoms with van der Waals surface area (Å²) in [5.41, 5.74) is 0.872. The smallest absolute Gasteiger partial charge is 0.310 e. The molecule has 0 bridgehead atoms. The van der Waals surface area contributed by atoms with Crippen LogP contribution in [-0.4, -0.2) is 41.9 Å². The first-order valence-corrected chi connectivity index (χ1v) is 8.07. The molecule has 0 aromatic heterocycles. The molecule has 4 nitrogen and oxygen atoms in total. The highest BCUT2D eigenvalue weighted by Gasteiger charge is 2.58. The predicted octanol–water partition coefficient (Wildman–Crippen LogP) is 2.60. The third-order valence-corrected chi connectivity index (χ3v) is 5.10. The van der Waals surface area contributed by atoms with Crippen molar-refractivity contribution in [1.82, 2.24) is 4.90 Å². The van der Waals surface area contributed by atoms with Gasteiger partial charge in [0, 0.05) is 6.04 Å². The molecule has 0 N–H and O–H groups in total. The number of hydrogen-bond acceptors (Lipinski definition) is 4. The highest BCUT2D eigenvalue weighted by Crippen LogP contribution is 2.44. The molecule has 0 aliphatic carbocycles. The van der Waals surface area contributed by atoms with Crippen LogP contribution in [0, 0.1) is 0 Å². The number of morpholine rings is 1. The maximum atomic E-state index is 11.9. The molecule has 3 saturated heterocycles. The Hall–Kier alpha value is -1.65. The summed E-state index contributed by atoms with van der Waals surface area (Å²) in [4.78, 5) is 14.4. The van der Waals surface area contributed by atoms with E-state index >= 15 is 0 Å². The highest BCUT2D eigenvalue weighted by atomic mass is 16.7. The van der Waals surface area contributed by atoms with Gasteiger partial charge in [0.2, 0.25) is 6.29 Å². The van der Waals surface area contributed by atoms with Crippen LogP contribution >= 0.6 is 0 Å². The number of nitrogens with zero attached hydrogens (tertiary/aromatic N) is 1. The molecule has 3 heterocycles. The maximum Gasteiger partial charge on any atom is 0.310 e. The van der Waals surface area contributed by atoms with Crippen LogP contribution in [0.2, 0.25) is 0 Å². The van der Waals surface area contributed by atoms with Gasteiger partial charge in [0.15, 0.2) is 0 Å². The summed E-state index contributed by atoms with van der Waals surface area (Å²) in [7, 11) is 0. The minimum atomic E-state index is -0.408. The lowest BCUT2D eigenvalue weighted by Crippen LogP contribution is -2.61. The van der Waals surface area contributed by atoms with Gasteiger partial charge in [-0.1, -0.05) is 42.5 Å². The van der Waals surface area contributed by atoms with Crippen molar-refractivity contribution >= 4 is 12.0 Å². The van der Waals surface area contributed by atoms with Gasteiger partial charge in [-0.05, 0) is 31.4 Å². The standard InChI is InChI=1S/C18H21NO3/c20-16-12-18(10-4-8-14-6-2-1-3-7-14)17(22-16)21-13-15-9-5-11-19(15)18/h1-4,6-8,15,17H,5,9-13H2/b8-4+/t15-,17-,18+/m0/s1. The molecule has 116 valence electrons. The van der Waals surface area contributed by atoms with Crippen LogP contribution in [0.4, 0.5) is 0 Å². The van der Waals surface area contributed by atoms with Crippen molar-refractivity contribution in [2.24, 2.45) is 0 Å². The van der Waals surface area contributed by atoms with Crippen molar-refractivity contribution in [3.63, 3.8) is 0 Å². The van der Waals surface area contributed by atoms with Crippen LogP contribution in [0.5, 0.6) is 0 Å². The summed E-state index contributed by atoms with van der Waals surface area (Å²) in [6, 6.07) is 10.7. The third-order valence-electron chi connectivity index (χ3n) is 5.10. The fourth-order valence-electron chi connectivity index (χ4n) is 4.07. The summed E-state index contributed by atoms with van der Waals surface area (Å²) in [5.74, 6) is -0.134. The lowest BCUT2D eigenvalue weighted by molar-refractivity contribution is -0.216. The number of esters is 1. The van der Waals surface area contributed by atoms with Crippen LogP contribution in [-0.2, 0) is 14.3 Å². The van der Waals surface area contributed by atoms with E-state index in [4.69, 9.17) is 9.47 Å². The largest absolute Gasteiger partial charge is 0.434 e. The zero-order chi connectivity index (χ0) is 15.0. The van der Waals surface area contributed by atoms with Gasteiger partial charge >= 0.3 is 5.97 Å². The minimum absolute atomic E-state index is 0.134. The fraction of sp³-hybridized carbons (Fsp3) is 0.500. The lowest BCUT2D eigenvalue weighted by Gasteiger charge is -2.47. The van der Waals surface area contributed by atoms with Gasteiger partial charge in [-0.3, -0.25) is 9.69 Å². The van der Waals surface area contributed by atoms with Crippen molar-refractivity contribution in [1.29, 1.82) is 0 Å². The van der Waals surface area contributed by atoms with Gasteiger partial charge in [-0.25, -0.2) is 0 Å². The van der Waals surface area contributed by atoms with Crippen LogP contribution in [0.1, 0.15) is 31.2 Å². The first-order chi connectivity index (χ1) is 10.8. The Kier molecular flexibility index (Phi) is 3.51. The molecule has 0 saturated carbocycles. The van der Waals surface area contributed by atoms with E-state index in [2.05, 4.69) is 29.2 Å². The molecular weight excluding hydrogens is 278 g/mol. The molecular formula is C18H21NO3. The van der Waals surface area contributed by atoms with Gasteiger partial charge < -0.3 is 9.47 Å². The monoisotopic (exact) mass is 299 g/mol. The summed E-state index contributed by atoms with van der Waals surface area (Å²) in [6.07, 6.45) is 7.43. The molecule has 3 atom stereocenters. The van der Waals surface area contributed by atoms with E-state index in [-0.39, 0.29) is 11.5 Å². The molecule has 0 radical (unpaired) electrons. The molecule has 3 fully saturated rings. The Balaban J connectivity index is 1.58. The number of ether oxygens (including phenoxy) is 2. The minimum Gasteiger partial charge on any atom is -0.434 e. The van der Waals surface area contributed by atoms with E-state index in [0.29, 0.717) is 19.1 Å². The quantitative estimate of drug-likeness (QED) is 0.804. The maximum absolute atomic E-state index is 11.9. The number of carbonyl (C=O) groups excluding carboxylic acids is 1. The van der Waals surface area contributed by atoms with Crippen LogP contribution < -0.4 is 0 Å². The van der Waals surface area contributed by atoms with Crippen molar-refractivity contribution in [2.45, 2.75) is 43.6 Å². The second kappa shape index (κ2) is 5.52. The van der Waals surface area contributed by atoms with Crippen LogP contribution in [0.3, 0.4) is 0 Å². The van der Waals surface area contributed by atoms with E-state index in [9.17, 15) is 4.79 Å². The predicted molar refractivity (Wildman–Crippen MR) is 83.0 cm³/mol. The zero-order valence-electron chi connectivity index (χ0n) is 12.6. The Morgan fingerprint density at radius 1 is 1.32 bits per heavy atom. The Morgan fingerprint density at radius 3 is 3.05 bits per heavy atom. The Bertz CT molecular complexity index is 585. The van der Waals surface area contributed by atoms with Crippen molar-refractivity contribution in [2.75, 3.05) is 13.2 Å². The fourth-order valence-corrected chi connectivity index (χ4v) is 4.07. The molecule has 3 aliphatic heterocycles. The summed E-state index contributed by atoms with van der Waals surface area (Å²) in [6.45, 7) is 1.72. The van der Waals surface area contributed by atoms with E-state index in [1.807, 2.05) is 18.2 Å². The first-order valence-electron chi connectivity index (χ1n) is 8.07. The van der Waals surface area contributed by atoms with Crippen molar-refractivity contribution in [3.05, 3.63) is 42.0 Å². The van der Waals surface area contributed by atoms with Crippen molar-refractivity contribution in [3.8, 4) is 0 Å². The second-order valence-corrected chi connectivity index (χ2v) is 6.44. The Labute approximate surface area is 130 Å². The topological polar surface area (TPSA) is 38.8 Å². The van der Waals surface area contributed by atoms with Gasteiger partial charge in [0.1, 0.15) is 0 Å². The number of hydrogen-bond donors (Lipinski definition) is 0. The first kappa shape index (κ1) is 14.0. The zero-order valence-corrected chi connectivity index (χ0v) is 12.6. The molecule has 0 amide bonds. The molecule has 4 rings (SSSR count). The number of carbonyl (C=O) groups is 1. The second-order valence-electron chi connectivity index (χ2n) is 6.44. The van der Waals surface area contributed by atoms with E-state index < -0.39 is 6.29 Å². The molecule has 0 unspecified atom stereocenters. The van der Waals surface area contributed by atoms with Gasteiger partial charge in [-0.2, -0.15) is 0 Å². The lowest BCUT2D eigenvalue weighted by atomic mass is 9.87. The van der Waals surface area contributed by atoms with E-state index in [1.54, 1.807) is 0 Å². The van der Waals surface area contributed by atoms with Gasteiger partial charge in [0.05, 0.1) is 18.6 Å². The highest BCUT2D eigenvalue weighted by molar-refractivity contribution is 5.74. The molecule has 3 aliphatic rings. The number of fused-ring (bicyclic) bond motifs is 3. The summed E-state index contributed by atoms with van der Waals surface area (Å²) < 4.78 is 11.3. The molecule has 1 aromatic rings.